The van der Waals surface area contributed by atoms with Crippen molar-refractivity contribution in [2.75, 3.05) is 0 Å². The van der Waals surface area contributed by atoms with Crippen molar-refractivity contribution in [2.45, 2.75) is 96.8 Å². The van der Waals surface area contributed by atoms with E-state index in [1.165, 1.54) is 70.6 Å². The van der Waals surface area contributed by atoms with Gasteiger partial charge < -0.3 is 5.11 Å². The van der Waals surface area contributed by atoms with E-state index in [1.807, 2.05) is 0 Å². The van der Waals surface area contributed by atoms with E-state index in [4.69, 9.17) is 5.11 Å². The highest BCUT2D eigenvalue weighted by molar-refractivity contribution is 5.66. The minimum absolute atomic E-state index is 0.330. The Morgan fingerprint density at radius 3 is 1.68 bits per heavy atom. The molecule has 0 atom stereocenters. The Bertz CT molecular complexity index is 292. The maximum atomic E-state index is 10.3. The third-order valence-electron chi connectivity index (χ3n) is 3.81. The van der Waals surface area contributed by atoms with Crippen LogP contribution in [0.2, 0.25) is 0 Å². The topological polar surface area (TPSA) is 37.3 Å². The summed E-state index contributed by atoms with van der Waals surface area (Å²) in [5, 5.41) is 8.53. The molecule has 0 radical (unpaired) electrons. The molecule has 0 heterocycles. The Morgan fingerprint density at radius 2 is 1.14 bits per heavy atom. The second-order valence-corrected chi connectivity index (χ2v) is 6.07. The van der Waals surface area contributed by atoms with Crippen LogP contribution in [0.15, 0.2) is 24.3 Å². The summed E-state index contributed by atoms with van der Waals surface area (Å²) in [4.78, 5) is 10.3. The average molecular weight is 309 g/mol. The molecule has 0 rings (SSSR count). The molecule has 0 saturated heterocycles. The number of hydrogen-bond donors (Lipinski definition) is 1. The van der Waals surface area contributed by atoms with E-state index in [9.17, 15) is 4.79 Å². The predicted octanol–water partition coefficient (Wildman–Crippen LogP) is 6.66. The molecule has 2 heteroatoms. The van der Waals surface area contributed by atoms with Crippen LogP contribution in [0, 0.1) is 0 Å². The third-order valence-corrected chi connectivity index (χ3v) is 3.81. The lowest BCUT2D eigenvalue weighted by Gasteiger charge is -1.99. The zero-order chi connectivity index (χ0) is 16.3. The highest BCUT2D eigenvalue weighted by Crippen LogP contribution is 2.09. The van der Waals surface area contributed by atoms with Crippen LogP contribution in [0.3, 0.4) is 0 Å². The fourth-order valence-electron chi connectivity index (χ4n) is 2.39. The Hall–Kier alpha value is -1.05. The monoisotopic (exact) mass is 308 g/mol. The van der Waals surface area contributed by atoms with E-state index in [0.717, 1.165) is 12.8 Å². The number of unbranched alkanes of at least 4 members (excludes halogenated alkanes) is 10. The predicted molar refractivity (Wildman–Crippen MR) is 96.2 cm³/mol. The highest BCUT2D eigenvalue weighted by atomic mass is 16.4. The van der Waals surface area contributed by atoms with Crippen molar-refractivity contribution in [3.8, 4) is 0 Å². The van der Waals surface area contributed by atoms with Gasteiger partial charge in [0.2, 0.25) is 0 Å². The lowest BCUT2D eigenvalue weighted by molar-refractivity contribution is -0.137. The third kappa shape index (κ3) is 18.9. The minimum Gasteiger partial charge on any atom is -0.481 e. The van der Waals surface area contributed by atoms with E-state index in [1.54, 1.807) is 0 Å². The molecule has 0 unspecified atom stereocenters. The molecule has 128 valence electrons. The molecule has 0 spiro atoms. The van der Waals surface area contributed by atoms with Crippen LogP contribution in [0.25, 0.3) is 0 Å². The summed E-state index contributed by atoms with van der Waals surface area (Å²) in [7, 11) is 0. The molecule has 22 heavy (non-hydrogen) atoms. The molecule has 0 aromatic heterocycles. The number of rotatable bonds is 16. The molecule has 2 nitrogen and oxygen atoms in total. The Labute approximate surface area is 137 Å². The molecular formula is C20H36O2. The average Bonchev–Trinajstić information content (AvgIpc) is 2.50. The maximum Gasteiger partial charge on any atom is 0.303 e. The zero-order valence-corrected chi connectivity index (χ0v) is 14.6. The summed E-state index contributed by atoms with van der Waals surface area (Å²) in [6, 6.07) is 0. The van der Waals surface area contributed by atoms with Crippen LogP contribution in [0.4, 0.5) is 0 Å². The number of aliphatic carboxylic acids is 1. The quantitative estimate of drug-likeness (QED) is 0.255. The second-order valence-electron chi connectivity index (χ2n) is 6.07. The van der Waals surface area contributed by atoms with Crippen molar-refractivity contribution < 1.29 is 9.90 Å². The molecule has 0 aliphatic rings. The molecule has 1 N–H and O–H groups in total. The number of carboxylic acids is 1. The van der Waals surface area contributed by atoms with Gasteiger partial charge in [-0.2, -0.15) is 0 Å². The number of carbonyl (C=O) groups is 1. The summed E-state index contributed by atoms with van der Waals surface area (Å²) < 4.78 is 0. The van der Waals surface area contributed by atoms with Crippen LogP contribution in [-0.2, 0) is 4.79 Å². The SMILES string of the molecule is CCCC/C=C\CCC/C=C\CCCCCCCCC(=O)O. The molecule has 0 saturated carbocycles. The van der Waals surface area contributed by atoms with E-state index >= 15 is 0 Å². The molecular weight excluding hydrogens is 272 g/mol. The molecule has 0 fully saturated rings. The molecule has 0 aromatic carbocycles. The van der Waals surface area contributed by atoms with Crippen LogP contribution in [-0.4, -0.2) is 11.1 Å². The summed E-state index contributed by atoms with van der Waals surface area (Å²) in [6.07, 6.45) is 25.2. The Kier molecular flexibility index (Phi) is 17.1. The lowest BCUT2D eigenvalue weighted by Crippen LogP contribution is -1.93. The highest BCUT2D eigenvalue weighted by Gasteiger charge is 1.96. The van der Waals surface area contributed by atoms with Gasteiger partial charge in [-0.15, -0.1) is 0 Å². The van der Waals surface area contributed by atoms with Gasteiger partial charge in [-0.25, -0.2) is 0 Å². The van der Waals surface area contributed by atoms with Crippen LogP contribution in [0.1, 0.15) is 96.8 Å². The van der Waals surface area contributed by atoms with Crippen molar-refractivity contribution in [2.24, 2.45) is 0 Å². The molecule has 0 aromatic rings. The van der Waals surface area contributed by atoms with Gasteiger partial charge >= 0.3 is 5.97 Å². The van der Waals surface area contributed by atoms with Crippen LogP contribution < -0.4 is 0 Å². The largest absolute Gasteiger partial charge is 0.481 e. The first kappa shape index (κ1) is 20.9. The first-order valence-corrected chi connectivity index (χ1v) is 9.29. The summed E-state index contributed by atoms with van der Waals surface area (Å²) in [5.74, 6) is -0.665. The molecule has 0 aliphatic heterocycles. The maximum absolute atomic E-state index is 10.3. The van der Waals surface area contributed by atoms with Crippen molar-refractivity contribution in [3.05, 3.63) is 24.3 Å². The van der Waals surface area contributed by atoms with E-state index < -0.39 is 5.97 Å². The first-order chi connectivity index (χ1) is 10.8. The second kappa shape index (κ2) is 18.0. The number of allylic oxidation sites excluding steroid dienone is 4. The normalized spacial score (nSPS) is 11.7. The van der Waals surface area contributed by atoms with Crippen molar-refractivity contribution in [1.82, 2.24) is 0 Å². The lowest BCUT2D eigenvalue weighted by atomic mass is 10.1. The smallest absolute Gasteiger partial charge is 0.303 e. The van der Waals surface area contributed by atoms with Gasteiger partial charge in [-0.3, -0.25) is 4.79 Å². The van der Waals surface area contributed by atoms with Crippen molar-refractivity contribution in [3.63, 3.8) is 0 Å². The minimum atomic E-state index is -0.665. The van der Waals surface area contributed by atoms with Gasteiger partial charge in [0.15, 0.2) is 0 Å². The van der Waals surface area contributed by atoms with Gasteiger partial charge in [0.05, 0.1) is 0 Å². The van der Waals surface area contributed by atoms with E-state index in [-0.39, 0.29) is 0 Å². The molecule has 0 bridgehead atoms. The van der Waals surface area contributed by atoms with E-state index in [2.05, 4.69) is 31.2 Å². The standard InChI is InChI=1S/C20H36O2/c1-2-3-4-5-6-7-8-9-10-11-12-13-14-15-16-17-18-19-20(21)22/h5-6,10-11H,2-4,7-9,12-19H2,1H3,(H,21,22)/b6-5-,11-10-. The molecule has 0 amide bonds. The summed E-state index contributed by atoms with van der Waals surface area (Å²) in [6.45, 7) is 2.23. The molecule has 0 aliphatic carbocycles. The summed E-state index contributed by atoms with van der Waals surface area (Å²) >= 11 is 0. The number of hydrogen-bond acceptors (Lipinski definition) is 1. The summed E-state index contributed by atoms with van der Waals surface area (Å²) in [5.41, 5.74) is 0. The van der Waals surface area contributed by atoms with Crippen molar-refractivity contribution in [1.29, 1.82) is 0 Å². The van der Waals surface area contributed by atoms with Gasteiger partial charge in [-0.1, -0.05) is 69.8 Å². The fraction of sp³-hybridized carbons (Fsp3) is 0.750. The Morgan fingerprint density at radius 1 is 0.682 bits per heavy atom. The van der Waals surface area contributed by atoms with Gasteiger partial charge in [0.25, 0.3) is 0 Å². The van der Waals surface area contributed by atoms with E-state index in [0.29, 0.717) is 6.42 Å². The zero-order valence-electron chi connectivity index (χ0n) is 14.6. The Balaban J connectivity index is 3.14. The van der Waals surface area contributed by atoms with Gasteiger partial charge in [0.1, 0.15) is 0 Å². The number of carboxylic acid groups (broad SMARTS) is 1. The van der Waals surface area contributed by atoms with Gasteiger partial charge in [0, 0.05) is 6.42 Å². The fourth-order valence-corrected chi connectivity index (χ4v) is 2.39. The van der Waals surface area contributed by atoms with Crippen molar-refractivity contribution >= 4 is 5.97 Å². The van der Waals surface area contributed by atoms with Gasteiger partial charge in [-0.05, 0) is 44.9 Å². The first-order valence-electron chi connectivity index (χ1n) is 9.29. The van der Waals surface area contributed by atoms with Crippen LogP contribution in [0.5, 0.6) is 0 Å². The van der Waals surface area contributed by atoms with Crippen LogP contribution >= 0.6 is 0 Å².